The van der Waals surface area contributed by atoms with Crippen molar-refractivity contribution in [2.24, 2.45) is 51.8 Å². The highest BCUT2D eigenvalue weighted by molar-refractivity contribution is 6.02. The molecule has 44 nitrogen and oxygen atoms in total. The van der Waals surface area contributed by atoms with Crippen LogP contribution in [0.1, 0.15) is 127 Å². The molecule has 34 N–H and O–H groups in total. The van der Waals surface area contributed by atoms with E-state index >= 15 is 9.59 Å². The zero-order valence-corrected chi connectivity index (χ0v) is 65.2. The quantitative estimate of drug-likeness (QED) is 0.0111. The SMILES string of the molecule is CC[C@H](C)[C@H](NC(=O)[C@@H]1CCCN1C(=O)[C@H](CC(N)=O)NC(=O)[C@H](CC(N)=O)NC(=O)[C@@H]1CCCN1C(=O)[C@H](Cc1c[nH]cn1)NC(=O)[C@@H](N)CCCNC(=N)N)C(=O)N[C@@H](Cc1c[nH]c2ccccc12)C(=O)N[C@@H](CCCNC(=N)N)C(=O)N[C@@H](CCC(N)=O)C(=O)N[C@@H](CCCNC(=N)N)C(=O)N[C@@H](Cc1ccc(O)cc1)C(N)=O. The molecule has 0 bridgehead atoms. The van der Waals surface area contributed by atoms with Gasteiger partial charge in [0.1, 0.15) is 72.2 Å². The molecular formula is C73H110N28O16. The van der Waals surface area contributed by atoms with Crippen LogP contribution in [0.5, 0.6) is 5.75 Å². The van der Waals surface area contributed by atoms with Gasteiger partial charge in [0.2, 0.25) is 88.6 Å². The monoisotopic (exact) mass is 1630 g/mol. The summed E-state index contributed by atoms with van der Waals surface area (Å²) in [6.07, 6.45) is 1.98. The molecule has 0 aliphatic carbocycles. The highest BCUT2D eigenvalue weighted by Gasteiger charge is 2.44. The lowest BCUT2D eigenvalue weighted by atomic mass is 9.96. The van der Waals surface area contributed by atoms with Crippen molar-refractivity contribution in [3.05, 3.63) is 84.1 Å². The van der Waals surface area contributed by atoms with E-state index in [1.165, 1.54) is 41.7 Å². The van der Waals surface area contributed by atoms with E-state index in [0.29, 0.717) is 34.1 Å². The Morgan fingerprint density at radius 3 is 1.50 bits per heavy atom. The first kappa shape index (κ1) is 92.7. The first-order valence-corrected chi connectivity index (χ1v) is 38.3. The number of phenolic OH excluding ortho intramolecular Hbond substituents is 1. The molecule has 2 saturated heterocycles. The number of fused-ring (bicyclic) bond motifs is 1. The van der Waals surface area contributed by atoms with Gasteiger partial charge < -0.3 is 135 Å². The van der Waals surface area contributed by atoms with Crippen LogP contribution < -0.4 is 110 Å². The fourth-order valence-electron chi connectivity index (χ4n) is 13.4. The van der Waals surface area contributed by atoms with Crippen LogP contribution >= 0.6 is 0 Å². The second kappa shape index (κ2) is 45.6. The Morgan fingerprint density at radius 1 is 0.513 bits per heavy atom. The highest BCUT2D eigenvalue weighted by Crippen LogP contribution is 2.25. The van der Waals surface area contributed by atoms with Crippen LogP contribution in [0, 0.1) is 22.1 Å². The van der Waals surface area contributed by atoms with Crippen LogP contribution in [0.2, 0.25) is 0 Å². The fourth-order valence-corrected chi connectivity index (χ4v) is 13.4. The van der Waals surface area contributed by atoms with Gasteiger partial charge in [0.05, 0.1) is 30.9 Å². The third kappa shape index (κ3) is 29.6. The van der Waals surface area contributed by atoms with Gasteiger partial charge in [0.25, 0.3) is 0 Å². The van der Waals surface area contributed by atoms with Crippen LogP contribution in [-0.2, 0) is 91.2 Å². The molecule has 117 heavy (non-hydrogen) atoms. The van der Waals surface area contributed by atoms with Crippen molar-refractivity contribution in [2.75, 3.05) is 32.7 Å². The van der Waals surface area contributed by atoms with Crippen molar-refractivity contribution >= 4 is 117 Å². The minimum absolute atomic E-state index is 0.00459. The number of aromatic nitrogens is 3. The molecule has 638 valence electrons. The number of aromatic amines is 2. The molecule has 13 atom stereocenters. The lowest BCUT2D eigenvalue weighted by molar-refractivity contribution is -0.144. The van der Waals surface area contributed by atoms with E-state index in [1.54, 1.807) is 44.3 Å². The molecule has 2 aromatic carbocycles. The number of aromatic hydroxyl groups is 1. The number of nitrogens with two attached hydrogens (primary N) is 8. The average molecular weight is 1640 g/mol. The summed E-state index contributed by atoms with van der Waals surface area (Å²) in [5.41, 5.74) is 47.1. The number of carbonyl (C=O) groups excluding carboxylic acids is 15. The molecule has 44 heteroatoms. The summed E-state index contributed by atoms with van der Waals surface area (Å²) in [7, 11) is 0. The van der Waals surface area contributed by atoms with Gasteiger partial charge in [-0.05, 0) is 106 Å². The molecule has 0 radical (unpaired) electrons. The number of primary amides is 4. The van der Waals surface area contributed by atoms with Gasteiger partial charge in [0.15, 0.2) is 17.9 Å². The molecule has 2 fully saturated rings. The first-order valence-electron chi connectivity index (χ1n) is 38.3. The minimum Gasteiger partial charge on any atom is -0.508 e. The Bertz CT molecular complexity index is 4200. The van der Waals surface area contributed by atoms with Crippen LogP contribution in [0.25, 0.3) is 10.9 Å². The maximum atomic E-state index is 15.2. The number of phenols is 1. The summed E-state index contributed by atoms with van der Waals surface area (Å²) >= 11 is 0. The molecule has 2 aliphatic rings. The molecule has 15 amide bonds. The predicted octanol–water partition coefficient (Wildman–Crippen LogP) is -7.37. The molecule has 0 unspecified atom stereocenters. The lowest BCUT2D eigenvalue weighted by Crippen LogP contribution is -2.61. The Balaban J connectivity index is 1.22. The van der Waals surface area contributed by atoms with Crippen molar-refractivity contribution in [1.82, 2.24) is 88.6 Å². The Kier molecular flexibility index (Phi) is 36.1. The van der Waals surface area contributed by atoms with Gasteiger partial charge in [-0.2, -0.15) is 0 Å². The highest BCUT2D eigenvalue weighted by atomic mass is 16.3. The maximum absolute atomic E-state index is 15.2. The summed E-state index contributed by atoms with van der Waals surface area (Å²) in [6.45, 7) is 3.43. The number of likely N-dealkylation sites (tertiary alicyclic amines) is 2. The number of carbonyl (C=O) groups is 15. The van der Waals surface area contributed by atoms with Crippen LogP contribution in [0.15, 0.2) is 67.3 Å². The second-order valence-electron chi connectivity index (χ2n) is 28.7. The largest absolute Gasteiger partial charge is 0.508 e. The molecule has 4 aromatic rings. The van der Waals surface area contributed by atoms with E-state index < -0.39 is 205 Å². The summed E-state index contributed by atoms with van der Waals surface area (Å²) < 4.78 is 0. The topological polar surface area (TPSA) is 751 Å². The van der Waals surface area contributed by atoms with Gasteiger partial charge >= 0.3 is 0 Å². The fraction of sp³-hybridized carbons (Fsp3) is 0.521. The number of hydrogen-bond donors (Lipinski definition) is 26. The smallest absolute Gasteiger partial charge is 0.246 e. The van der Waals surface area contributed by atoms with Gasteiger partial charge in [-0.1, -0.05) is 50.6 Å². The lowest BCUT2D eigenvalue weighted by Gasteiger charge is -2.32. The minimum atomic E-state index is -1.85. The number of rotatable bonds is 48. The van der Waals surface area contributed by atoms with E-state index in [0.717, 1.165) is 4.90 Å². The molecule has 2 aliphatic heterocycles. The maximum Gasteiger partial charge on any atom is 0.246 e. The first-order chi connectivity index (χ1) is 55.5. The van der Waals surface area contributed by atoms with Gasteiger partial charge in [-0.25, -0.2) is 4.98 Å². The summed E-state index contributed by atoms with van der Waals surface area (Å²) in [4.78, 5) is 223. The van der Waals surface area contributed by atoms with E-state index in [1.807, 2.05) is 0 Å². The van der Waals surface area contributed by atoms with Crippen molar-refractivity contribution in [2.45, 2.75) is 202 Å². The number of nitrogens with one attached hydrogen (secondary N) is 17. The third-order valence-corrected chi connectivity index (χ3v) is 19.8. The van der Waals surface area contributed by atoms with Gasteiger partial charge in [0, 0.05) is 81.7 Å². The zero-order valence-electron chi connectivity index (χ0n) is 65.2. The molecule has 0 saturated carbocycles. The van der Waals surface area contributed by atoms with E-state index in [9.17, 15) is 67.4 Å². The number of amides is 15. The molecule has 6 rings (SSSR count). The van der Waals surface area contributed by atoms with Crippen molar-refractivity contribution < 1.29 is 77.0 Å². The number of benzene rings is 2. The number of nitrogens with zero attached hydrogens (tertiary/aromatic N) is 3. The summed E-state index contributed by atoms with van der Waals surface area (Å²) in [5, 5.41) is 64.3. The third-order valence-electron chi connectivity index (χ3n) is 19.8. The standard InChI is InChI=1S/C73H110N28O16/c1-3-37(2)58(99-67(114)54-17-10-28-101(54)70(117)52(33-57(77)105)98-65(112)50(32-56(76)104)95-66(113)53-16-9-27-100(53)69(116)51(31-40-35-85-36-90-40)97-60(107)43(74)12-6-24-86-71(79)80)68(115)96-49(30-39-34-89-44-13-5-4-11-42(39)44)64(111)92-45(14-7-25-87-72(81)82)61(108)93-47(22-23-55(75)103)63(110)91-46(15-8-26-88-73(83)84)62(109)94-48(59(78)106)29-38-18-20-41(102)21-19-38/h4-5,11,13,18-21,34-37,43,45-54,58,89,102H,3,6-10,12,14-17,22-33,74H2,1-2H3,(H2,75,103)(H2,76,104)(H2,77,105)(H2,78,106)(H,85,90)(H,91,110)(H,92,111)(H,93,108)(H,94,109)(H,95,113)(H,96,115)(H,97,107)(H,98,112)(H,99,114)(H4,79,80,86)(H4,81,82,87)(H4,83,84,88)/t37-,43-,45-,46-,47-,48-,49-,50-,51-,52-,53-,54-,58-/m0/s1. The number of H-pyrrole nitrogens is 2. The molecule has 0 spiro atoms. The Morgan fingerprint density at radius 2 is 0.983 bits per heavy atom. The zero-order chi connectivity index (χ0) is 86.2. The second-order valence-corrected chi connectivity index (χ2v) is 28.7. The Labute approximate surface area is 672 Å². The van der Waals surface area contributed by atoms with Crippen molar-refractivity contribution in [1.29, 1.82) is 16.2 Å². The van der Waals surface area contributed by atoms with Crippen LogP contribution in [0.4, 0.5) is 0 Å². The van der Waals surface area contributed by atoms with Crippen molar-refractivity contribution in [3.8, 4) is 5.75 Å². The number of guanidine groups is 3. The summed E-state index contributed by atoms with van der Waals surface area (Å²) in [5.74, 6) is -16.4. The normalized spacial score (nSPS) is 16.5. The number of imidazole rings is 1. The van der Waals surface area contributed by atoms with E-state index in [2.05, 4.69) is 78.8 Å². The predicted molar refractivity (Wildman–Crippen MR) is 423 cm³/mol. The number of hydrogen-bond acceptors (Lipinski definition) is 21. The number of para-hydroxylation sites is 1. The molecule has 2 aromatic heterocycles. The van der Waals surface area contributed by atoms with E-state index in [4.69, 9.17) is 62.1 Å². The van der Waals surface area contributed by atoms with Crippen LogP contribution in [-0.4, -0.2) is 242 Å². The molecular weight excluding hydrogens is 1520 g/mol. The van der Waals surface area contributed by atoms with Crippen LogP contribution in [0.3, 0.4) is 0 Å². The van der Waals surface area contributed by atoms with Crippen molar-refractivity contribution in [3.63, 3.8) is 0 Å². The van der Waals surface area contributed by atoms with E-state index in [-0.39, 0.29) is 128 Å². The molecule has 4 heterocycles. The van der Waals surface area contributed by atoms with Gasteiger partial charge in [-0.3, -0.25) is 88.1 Å². The van der Waals surface area contributed by atoms with Gasteiger partial charge in [-0.15, -0.1) is 0 Å². The Hall–Kier alpha value is -13.2. The average Bonchev–Trinajstić information content (AvgIpc) is 1.71. The summed E-state index contributed by atoms with van der Waals surface area (Å²) in [6, 6.07) is -5.33.